The third-order valence-corrected chi connectivity index (χ3v) is 5.05. The Kier molecular flexibility index (Phi) is 3.88. The van der Waals surface area contributed by atoms with Crippen molar-refractivity contribution in [3.63, 3.8) is 0 Å². The number of hydrogen-bond acceptors (Lipinski definition) is 1. The van der Waals surface area contributed by atoms with Gasteiger partial charge in [-0.1, -0.05) is 17.7 Å². The van der Waals surface area contributed by atoms with Crippen molar-refractivity contribution < 1.29 is 9.18 Å². The Bertz CT molecular complexity index is 982. The van der Waals surface area contributed by atoms with Gasteiger partial charge in [0.25, 0.3) is 0 Å². The highest BCUT2D eigenvalue weighted by molar-refractivity contribution is 6.31. The van der Waals surface area contributed by atoms with E-state index < -0.39 is 0 Å². The third kappa shape index (κ3) is 2.96. The average molecular weight is 358 g/mol. The number of carbonyl (C=O) groups is 1. The second-order valence-corrected chi connectivity index (χ2v) is 6.74. The smallest absolute Gasteiger partial charge is 0.322 e. The molecule has 0 radical (unpaired) electrons. The fourth-order valence-electron chi connectivity index (χ4n) is 3.23. The molecule has 2 N–H and O–H groups in total. The molecule has 2 amide bonds. The number of carbonyl (C=O) groups excluding carboxylic acids is 1. The van der Waals surface area contributed by atoms with E-state index in [2.05, 4.69) is 10.3 Å². The van der Waals surface area contributed by atoms with Crippen molar-refractivity contribution in [3.05, 3.63) is 64.1 Å². The van der Waals surface area contributed by atoms with Gasteiger partial charge in [-0.15, -0.1) is 0 Å². The van der Waals surface area contributed by atoms with Gasteiger partial charge in [-0.25, -0.2) is 9.18 Å². The van der Waals surface area contributed by atoms with Crippen molar-refractivity contribution in [3.8, 4) is 0 Å². The van der Waals surface area contributed by atoms with E-state index in [1.807, 2.05) is 19.1 Å². The second kappa shape index (κ2) is 6.08. The summed E-state index contributed by atoms with van der Waals surface area (Å²) in [5.41, 5.74) is 4.58. The second-order valence-electron chi connectivity index (χ2n) is 6.34. The van der Waals surface area contributed by atoms with Crippen molar-refractivity contribution in [1.82, 2.24) is 9.88 Å². The van der Waals surface area contributed by atoms with E-state index in [1.54, 1.807) is 17.0 Å². The van der Waals surface area contributed by atoms with Crippen LogP contribution in [-0.4, -0.2) is 22.5 Å². The summed E-state index contributed by atoms with van der Waals surface area (Å²) in [6, 6.07) is 9.95. The minimum absolute atomic E-state index is 0.184. The Morgan fingerprint density at radius 3 is 2.92 bits per heavy atom. The van der Waals surface area contributed by atoms with Gasteiger partial charge in [0, 0.05) is 52.4 Å². The molecule has 3 aromatic rings. The van der Waals surface area contributed by atoms with Crippen LogP contribution in [-0.2, 0) is 13.0 Å². The first-order chi connectivity index (χ1) is 12.0. The predicted molar refractivity (Wildman–Crippen MR) is 97.6 cm³/mol. The minimum atomic E-state index is -0.273. The van der Waals surface area contributed by atoms with E-state index in [9.17, 15) is 9.18 Å². The molecule has 0 atom stereocenters. The lowest BCUT2D eigenvalue weighted by molar-refractivity contribution is 0.206. The van der Waals surface area contributed by atoms with E-state index in [0.29, 0.717) is 30.2 Å². The quantitative estimate of drug-likeness (QED) is 0.642. The number of hydrogen-bond donors (Lipinski definition) is 2. The van der Waals surface area contributed by atoms with Crippen LogP contribution in [0.1, 0.15) is 16.8 Å². The first-order valence-electron chi connectivity index (χ1n) is 8.12. The zero-order chi connectivity index (χ0) is 17.6. The number of aryl methyl sites for hydroxylation is 1. The SMILES string of the molecule is Cc1ccc(NC(=O)N2CCc3[nH]c4ccc(F)cc4c3C2)cc1Cl. The molecule has 6 heteroatoms. The number of amides is 2. The molecule has 1 aromatic heterocycles. The molecular weight excluding hydrogens is 341 g/mol. The number of H-pyrrole nitrogens is 1. The Balaban J connectivity index is 1.57. The van der Waals surface area contributed by atoms with Crippen LogP contribution in [0.3, 0.4) is 0 Å². The van der Waals surface area contributed by atoms with Crippen molar-refractivity contribution in [2.75, 3.05) is 11.9 Å². The Labute approximate surface area is 149 Å². The zero-order valence-electron chi connectivity index (χ0n) is 13.7. The van der Waals surface area contributed by atoms with Gasteiger partial charge < -0.3 is 15.2 Å². The molecule has 2 heterocycles. The van der Waals surface area contributed by atoms with Gasteiger partial charge in [-0.3, -0.25) is 0 Å². The molecule has 4 nitrogen and oxygen atoms in total. The number of rotatable bonds is 1. The molecule has 0 saturated heterocycles. The lowest BCUT2D eigenvalue weighted by Gasteiger charge is -2.27. The summed E-state index contributed by atoms with van der Waals surface area (Å²) in [7, 11) is 0. The Hall–Kier alpha value is -2.53. The maximum absolute atomic E-state index is 13.6. The fourth-order valence-corrected chi connectivity index (χ4v) is 3.41. The number of fused-ring (bicyclic) bond motifs is 3. The topological polar surface area (TPSA) is 48.1 Å². The highest BCUT2D eigenvalue weighted by Gasteiger charge is 2.24. The number of aromatic nitrogens is 1. The molecule has 0 fully saturated rings. The normalized spacial score (nSPS) is 13.8. The van der Waals surface area contributed by atoms with E-state index in [-0.39, 0.29) is 11.8 Å². The van der Waals surface area contributed by atoms with E-state index >= 15 is 0 Å². The van der Waals surface area contributed by atoms with Crippen molar-refractivity contribution >= 4 is 34.2 Å². The van der Waals surface area contributed by atoms with Gasteiger partial charge in [-0.2, -0.15) is 0 Å². The monoisotopic (exact) mass is 357 g/mol. The summed E-state index contributed by atoms with van der Waals surface area (Å²) in [6.45, 7) is 2.97. The van der Waals surface area contributed by atoms with E-state index in [4.69, 9.17) is 11.6 Å². The van der Waals surface area contributed by atoms with Crippen LogP contribution in [0.15, 0.2) is 36.4 Å². The zero-order valence-corrected chi connectivity index (χ0v) is 14.5. The summed E-state index contributed by atoms with van der Waals surface area (Å²) in [4.78, 5) is 17.6. The molecule has 0 bridgehead atoms. The first kappa shape index (κ1) is 16.0. The lowest BCUT2D eigenvalue weighted by atomic mass is 10.0. The molecule has 2 aromatic carbocycles. The molecule has 0 saturated carbocycles. The standard InChI is InChI=1S/C19H17ClFN3O/c1-11-2-4-13(9-16(11)20)22-19(25)24-7-6-18-15(10-24)14-8-12(21)3-5-17(14)23-18/h2-5,8-9,23H,6-7,10H2,1H3,(H,22,25). The first-order valence-corrected chi connectivity index (χ1v) is 8.50. The van der Waals surface area contributed by atoms with Crippen LogP contribution in [0.4, 0.5) is 14.9 Å². The van der Waals surface area contributed by atoms with Gasteiger partial charge in [0.2, 0.25) is 0 Å². The molecule has 0 unspecified atom stereocenters. The molecule has 1 aliphatic rings. The van der Waals surface area contributed by atoms with E-state index in [1.165, 1.54) is 12.1 Å². The Morgan fingerprint density at radius 2 is 2.12 bits per heavy atom. The van der Waals surface area contributed by atoms with Crippen molar-refractivity contribution in [2.45, 2.75) is 19.9 Å². The van der Waals surface area contributed by atoms with Crippen LogP contribution in [0.5, 0.6) is 0 Å². The van der Waals surface area contributed by atoms with Crippen LogP contribution < -0.4 is 5.32 Å². The molecule has 25 heavy (non-hydrogen) atoms. The van der Waals surface area contributed by atoms with Crippen LogP contribution in [0.2, 0.25) is 5.02 Å². The average Bonchev–Trinajstić information content (AvgIpc) is 2.95. The van der Waals surface area contributed by atoms with E-state index in [0.717, 1.165) is 27.7 Å². The molecule has 1 aliphatic heterocycles. The number of urea groups is 1. The number of nitrogens with one attached hydrogen (secondary N) is 2. The molecular formula is C19H17ClFN3O. The third-order valence-electron chi connectivity index (χ3n) is 4.65. The Morgan fingerprint density at radius 1 is 1.28 bits per heavy atom. The number of aromatic amines is 1. The highest BCUT2D eigenvalue weighted by Crippen LogP contribution is 2.29. The summed E-state index contributed by atoms with van der Waals surface area (Å²) in [6.07, 6.45) is 0.716. The largest absolute Gasteiger partial charge is 0.358 e. The van der Waals surface area contributed by atoms with Gasteiger partial charge in [0.1, 0.15) is 5.82 Å². The van der Waals surface area contributed by atoms with Gasteiger partial charge >= 0.3 is 6.03 Å². The van der Waals surface area contributed by atoms with Gasteiger partial charge in [0.05, 0.1) is 0 Å². The molecule has 128 valence electrons. The van der Waals surface area contributed by atoms with Crippen LogP contribution in [0, 0.1) is 12.7 Å². The summed E-state index contributed by atoms with van der Waals surface area (Å²) < 4.78 is 13.6. The number of nitrogens with zero attached hydrogens (tertiary/aromatic N) is 1. The van der Waals surface area contributed by atoms with Crippen molar-refractivity contribution in [2.24, 2.45) is 0 Å². The maximum Gasteiger partial charge on any atom is 0.322 e. The summed E-state index contributed by atoms with van der Waals surface area (Å²) in [5, 5.41) is 4.34. The molecule has 4 rings (SSSR count). The van der Waals surface area contributed by atoms with Gasteiger partial charge in [-0.05, 0) is 42.8 Å². The number of halogens is 2. The van der Waals surface area contributed by atoms with Crippen molar-refractivity contribution in [1.29, 1.82) is 0 Å². The maximum atomic E-state index is 13.6. The fraction of sp³-hybridized carbons (Fsp3) is 0.211. The van der Waals surface area contributed by atoms with Crippen LogP contribution >= 0.6 is 11.6 Å². The van der Waals surface area contributed by atoms with Crippen LogP contribution in [0.25, 0.3) is 10.9 Å². The number of anilines is 1. The minimum Gasteiger partial charge on any atom is -0.358 e. The highest BCUT2D eigenvalue weighted by atomic mass is 35.5. The number of benzene rings is 2. The summed E-state index contributed by atoms with van der Waals surface area (Å²) in [5.74, 6) is -0.273. The summed E-state index contributed by atoms with van der Waals surface area (Å²) >= 11 is 6.11. The lowest BCUT2D eigenvalue weighted by Crippen LogP contribution is -2.38. The van der Waals surface area contributed by atoms with Gasteiger partial charge in [0.15, 0.2) is 0 Å². The molecule has 0 spiro atoms. The molecule has 0 aliphatic carbocycles. The predicted octanol–water partition coefficient (Wildman–Crippen LogP) is 4.86.